The second kappa shape index (κ2) is 7.76. The van der Waals surface area contributed by atoms with Crippen LogP contribution in [0.4, 0.5) is 11.6 Å². The molecule has 6 nitrogen and oxygen atoms in total. The molecule has 0 spiro atoms. The van der Waals surface area contributed by atoms with Gasteiger partial charge in [-0.25, -0.2) is 0 Å². The molecule has 2 fully saturated rings. The summed E-state index contributed by atoms with van der Waals surface area (Å²) >= 11 is 8.79. The molecule has 1 aromatic carbocycles. The molecule has 0 saturated carbocycles. The molecule has 2 aliphatic heterocycles. The summed E-state index contributed by atoms with van der Waals surface area (Å²) in [4.78, 5) is 29.2. The lowest BCUT2D eigenvalue weighted by Gasteiger charge is -2.30. The molecule has 0 bridgehead atoms. The van der Waals surface area contributed by atoms with Gasteiger partial charge in [0, 0.05) is 19.2 Å². The molecule has 29 heavy (non-hydrogen) atoms. The van der Waals surface area contributed by atoms with Crippen LogP contribution in [-0.2, 0) is 9.59 Å². The van der Waals surface area contributed by atoms with Crippen LogP contribution in [0.15, 0.2) is 38.7 Å². The van der Waals surface area contributed by atoms with E-state index >= 15 is 0 Å². The van der Waals surface area contributed by atoms with E-state index in [-0.39, 0.29) is 10.7 Å². The fraction of sp³-hybridized carbons (Fsp3) is 0.286. The summed E-state index contributed by atoms with van der Waals surface area (Å²) in [6, 6.07) is 7.48. The summed E-state index contributed by atoms with van der Waals surface area (Å²) in [7, 11) is 0. The van der Waals surface area contributed by atoms with Gasteiger partial charge in [-0.1, -0.05) is 17.7 Å². The third-order valence-electron chi connectivity index (χ3n) is 5.06. The van der Waals surface area contributed by atoms with Gasteiger partial charge in [0.2, 0.25) is 5.88 Å². The molecule has 0 unspecified atom stereocenters. The van der Waals surface area contributed by atoms with Gasteiger partial charge in [-0.3, -0.25) is 19.8 Å². The van der Waals surface area contributed by atoms with Crippen molar-refractivity contribution in [2.75, 3.05) is 22.9 Å². The number of nitrogens with zero attached hydrogens (tertiary/aromatic N) is 2. The minimum Gasteiger partial charge on any atom is -0.440 e. The van der Waals surface area contributed by atoms with Gasteiger partial charge in [0.05, 0.1) is 10.2 Å². The number of benzene rings is 1. The summed E-state index contributed by atoms with van der Waals surface area (Å²) in [6.45, 7) is 5.74. The maximum atomic E-state index is 13.2. The van der Waals surface area contributed by atoms with Crippen LogP contribution in [0, 0.1) is 13.8 Å². The molecule has 0 aliphatic carbocycles. The summed E-state index contributed by atoms with van der Waals surface area (Å²) in [6.07, 6.45) is 3.71. The van der Waals surface area contributed by atoms with Crippen LogP contribution in [0.25, 0.3) is 6.08 Å². The lowest BCUT2D eigenvalue weighted by atomic mass is 10.1. The van der Waals surface area contributed by atoms with Crippen molar-refractivity contribution >= 4 is 62.7 Å². The molecular formula is C21H20BrN3O3S. The average molecular weight is 474 g/mol. The Balaban J connectivity index is 1.69. The Morgan fingerprint density at radius 2 is 1.90 bits per heavy atom. The first kappa shape index (κ1) is 19.8. The van der Waals surface area contributed by atoms with Gasteiger partial charge in [0.15, 0.2) is 5.11 Å². The predicted octanol–water partition coefficient (Wildman–Crippen LogP) is 4.09. The first-order valence-electron chi connectivity index (χ1n) is 9.38. The lowest BCUT2D eigenvalue weighted by molar-refractivity contribution is -0.122. The van der Waals surface area contributed by atoms with Crippen LogP contribution >= 0.6 is 28.1 Å². The second-order valence-corrected chi connectivity index (χ2v) is 8.48. The zero-order valence-electron chi connectivity index (χ0n) is 16.1. The normalized spacial score (nSPS) is 18.7. The highest BCUT2D eigenvalue weighted by molar-refractivity contribution is 9.10. The minimum absolute atomic E-state index is 0.0206. The molecule has 150 valence electrons. The Morgan fingerprint density at radius 3 is 2.59 bits per heavy atom. The van der Waals surface area contributed by atoms with Gasteiger partial charge < -0.3 is 9.32 Å². The summed E-state index contributed by atoms with van der Waals surface area (Å²) in [5, 5.41) is 2.68. The van der Waals surface area contributed by atoms with Gasteiger partial charge in [0.25, 0.3) is 11.8 Å². The van der Waals surface area contributed by atoms with E-state index in [1.54, 1.807) is 6.07 Å². The molecule has 2 aliphatic rings. The van der Waals surface area contributed by atoms with E-state index in [4.69, 9.17) is 16.6 Å². The highest BCUT2D eigenvalue weighted by Crippen LogP contribution is 2.34. The zero-order valence-corrected chi connectivity index (χ0v) is 18.5. The molecule has 0 atom stereocenters. The van der Waals surface area contributed by atoms with E-state index in [2.05, 4.69) is 26.1 Å². The molecule has 2 amide bonds. The van der Waals surface area contributed by atoms with Gasteiger partial charge >= 0.3 is 0 Å². The fourth-order valence-corrected chi connectivity index (χ4v) is 4.49. The number of thiocarbonyl (C=S) groups is 1. The molecule has 2 saturated heterocycles. The van der Waals surface area contributed by atoms with Gasteiger partial charge in [-0.2, -0.15) is 0 Å². The number of nitrogens with one attached hydrogen (secondary N) is 1. The number of rotatable bonds is 3. The standard InChI is InChI=1S/C21H20BrN3O3S/c1-12-5-6-17(13(2)9-12)25-19(27)15(18(26)23-21(25)29)10-14-11-16(22)20(28-14)24-7-3-4-8-24/h5-6,9-11H,3-4,7-8H2,1-2H3,(H,23,26,29)/b15-10+. The monoisotopic (exact) mass is 473 g/mol. The van der Waals surface area contributed by atoms with Crippen LogP contribution in [0.3, 0.4) is 0 Å². The summed E-state index contributed by atoms with van der Waals surface area (Å²) in [5.74, 6) is 0.155. The molecular weight excluding hydrogens is 454 g/mol. The SMILES string of the molecule is Cc1ccc(N2C(=O)/C(=C/c3cc(Br)c(N4CCCC4)o3)C(=O)NC2=S)c(C)c1. The number of anilines is 2. The number of carbonyl (C=O) groups excluding carboxylic acids is 2. The Kier molecular flexibility index (Phi) is 5.31. The van der Waals surface area contributed by atoms with Crippen molar-refractivity contribution in [1.82, 2.24) is 5.32 Å². The third-order valence-corrected chi connectivity index (χ3v) is 5.92. The zero-order chi connectivity index (χ0) is 20.7. The number of carbonyl (C=O) groups is 2. The number of amides is 2. The van der Waals surface area contributed by atoms with Crippen molar-refractivity contribution in [1.29, 1.82) is 0 Å². The maximum Gasteiger partial charge on any atom is 0.270 e. The molecule has 8 heteroatoms. The molecule has 2 aromatic rings. The van der Waals surface area contributed by atoms with Crippen molar-refractivity contribution in [3.05, 3.63) is 51.2 Å². The number of halogens is 1. The number of furan rings is 1. The molecule has 1 aromatic heterocycles. The first-order chi connectivity index (χ1) is 13.8. The lowest BCUT2D eigenvalue weighted by Crippen LogP contribution is -2.54. The Bertz CT molecular complexity index is 1050. The van der Waals surface area contributed by atoms with Crippen LogP contribution in [0.2, 0.25) is 0 Å². The van der Waals surface area contributed by atoms with Gasteiger partial charge in [-0.05, 0) is 72.5 Å². The van der Waals surface area contributed by atoms with Crippen LogP contribution in [0.1, 0.15) is 29.7 Å². The van der Waals surface area contributed by atoms with Crippen molar-refractivity contribution in [3.8, 4) is 0 Å². The molecule has 1 N–H and O–H groups in total. The topological polar surface area (TPSA) is 65.8 Å². The van der Waals surface area contributed by atoms with Gasteiger partial charge in [-0.15, -0.1) is 0 Å². The van der Waals surface area contributed by atoms with Crippen LogP contribution in [0.5, 0.6) is 0 Å². The predicted molar refractivity (Wildman–Crippen MR) is 120 cm³/mol. The van der Waals surface area contributed by atoms with E-state index in [0.29, 0.717) is 11.4 Å². The highest BCUT2D eigenvalue weighted by atomic mass is 79.9. The minimum atomic E-state index is -0.531. The fourth-order valence-electron chi connectivity index (χ4n) is 3.66. The number of aryl methyl sites for hydroxylation is 2. The van der Waals surface area contributed by atoms with Crippen molar-refractivity contribution in [3.63, 3.8) is 0 Å². The van der Waals surface area contributed by atoms with Gasteiger partial charge in [0.1, 0.15) is 11.3 Å². The largest absolute Gasteiger partial charge is 0.440 e. The first-order valence-corrected chi connectivity index (χ1v) is 10.6. The van der Waals surface area contributed by atoms with Crippen LogP contribution < -0.4 is 15.1 Å². The quantitative estimate of drug-likeness (QED) is 0.413. The molecule has 0 radical (unpaired) electrons. The Hall–Kier alpha value is -2.45. The van der Waals surface area contributed by atoms with E-state index in [0.717, 1.165) is 47.4 Å². The third kappa shape index (κ3) is 3.74. The summed E-state index contributed by atoms with van der Waals surface area (Å²) < 4.78 is 6.73. The van der Waals surface area contributed by atoms with E-state index in [1.807, 2.05) is 32.0 Å². The average Bonchev–Trinajstić information content (AvgIpc) is 3.29. The molecule has 3 heterocycles. The maximum absolute atomic E-state index is 13.2. The number of hydrogen-bond donors (Lipinski definition) is 1. The van der Waals surface area contributed by atoms with Crippen LogP contribution in [-0.4, -0.2) is 30.0 Å². The second-order valence-electron chi connectivity index (χ2n) is 7.24. The Morgan fingerprint density at radius 1 is 1.17 bits per heavy atom. The van der Waals surface area contributed by atoms with E-state index in [1.165, 1.54) is 11.0 Å². The Labute approximate surface area is 182 Å². The molecule has 4 rings (SSSR count). The van der Waals surface area contributed by atoms with Crippen molar-refractivity contribution in [2.45, 2.75) is 26.7 Å². The van der Waals surface area contributed by atoms with E-state index < -0.39 is 11.8 Å². The van der Waals surface area contributed by atoms with E-state index in [9.17, 15) is 9.59 Å². The summed E-state index contributed by atoms with van der Waals surface area (Å²) in [5.41, 5.74) is 2.60. The van der Waals surface area contributed by atoms with Crippen molar-refractivity contribution < 1.29 is 14.0 Å². The van der Waals surface area contributed by atoms with Crippen molar-refractivity contribution in [2.24, 2.45) is 0 Å². The number of hydrogen-bond acceptors (Lipinski definition) is 5. The smallest absolute Gasteiger partial charge is 0.270 e. The highest BCUT2D eigenvalue weighted by Gasteiger charge is 2.35.